The van der Waals surface area contributed by atoms with Crippen LogP contribution in [0.1, 0.15) is 31.7 Å². The summed E-state index contributed by atoms with van der Waals surface area (Å²) >= 11 is 0. The Morgan fingerprint density at radius 2 is 1.71 bits per heavy atom. The lowest BCUT2D eigenvalue weighted by Gasteiger charge is -2.21. The van der Waals surface area contributed by atoms with Gasteiger partial charge in [-0.25, -0.2) is 8.42 Å². The summed E-state index contributed by atoms with van der Waals surface area (Å²) in [7, 11) is 1.30. The van der Waals surface area contributed by atoms with Crippen LogP contribution in [0.4, 0.5) is 0 Å². The van der Waals surface area contributed by atoms with Crippen LogP contribution in [0, 0.1) is 0 Å². The highest BCUT2D eigenvalue weighted by atomic mass is 32.2. The van der Waals surface area contributed by atoms with Gasteiger partial charge in [-0.1, -0.05) is 26.0 Å². The van der Waals surface area contributed by atoms with E-state index < -0.39 is 10.0 Å². The highest BCUT2D eigenvalue weighted by Gasteiger charge is 2.31. The van der Waals surface area contributed by atoms with Gasteiger partial charge in [-0.2, -0.15) is 4.31 Å². The van der Waals surface area contributed by atoms with Gasteiger partial charge in [0.1, 0.15) is 0 Å². The van der Waals surface area contributed by atoms with Gasteiger partial charge in [0.2, 0.25) is 15.9 Å². The van der Waals surface area contributed by atoms with Crippen molar-refractivity contribution in [3.05, 3.63) is 42.0 Å². The van der Waals surface area contributed by atoms with Gasteiger partial charge in [-0.3, -0.25) is 4.79 Å². The Hall–Kier alpha value is -2.58. The van der Waals surface area contributed by atoms with Gasteiger partial charge in [0.15, 0.2) is 11.5 Å². The molecule has 0 aromatic heterocycles. The molecule has 0 bridgehead atoms. The minimum atomic E-state index is -3.62. The molecule has 0 N–H and O–H groups in total. The highest BCUT2D eigenvalue weighted by molar-refractivity contribution is 7.89. The third-order valence-electron chi connectivity index (χ3n) is 5.84. The summed E-state index contributed by atoms with van der Waals surface area (Å²) in [5, 5.41) is 0. The summed E-state index contributed by atoms with van der Waals surface area (Å²) in [5.41, 5.74) is 2.54. The Balaban J connectivity index is 2.19. The third-order valence-corrected chi connectivity index (χ3v) is 7.89. The Labute approximate surface area is 184 Å². The zero-order chi connectivity index (χ0) is 22.8. The van der Waals surface area contributed by atoms with Crippen LogP contribution in [0.5, 0.6) is 11.5 Å². The summed E-state index contributed by atoms with van der Waals surface area (Å²) in [5.74, 6) is 1.23. The van der Waals surface area contributed by atoms with Crippen LogP contribution < -0.4 is 9.47 Å². The lowest BCUT2D eigenvalue weighted by Crippen LogP contribution is -2.30. The first-order valence-corrected chi connectivity index (χ1v) is 11.8. The summed E-state index contributed by atoms with van der Waals surface area (Å²) < 4.78 is 38.6. The van der Waals surface area contributed by atoms with E-state index in [-0.39, 0.29) is 16.7 Å². The number of likely N-dealkylation sites (N-methyl/N-ethyl adjacent to an activating group) is 1. The smallest absolute Gasteiger partial charge is 0.243 e. The number of benzene rings is 2. The van der Waals surface area contributed by atoms with Crippen molar-refractivity contribution >= 4 is 15.9 Å². The molecule has 2 aromatic carbocycles. The number of ether oxygens (including phenoxy) is 2. The molecule has 31 heavy (non-hydrogen) atoms. The molecular weight excluding hydrogens is 416 g/mol. The fourth-order valence-corrected chi connectivity index (χ4v) is 5.57. The van der Waals surface area contributed by atoms with Crippen LogP contribution in [0.25, 0.3) is 11.1 Å². The number of hydrogen-bond donors (Lipinski definition) is 0. The largest absolute Gasteiger partial charge is 0.493 e. The first-order valence-electron chi connectivity index (χ1n) is 10.4. The first kappa shape index (κ1) is 23.1. The van der Waals surface area contributed by atoms with E-state index in [1.165, 1.54) is 4.31 Å². The van der Waals surface area contributed by atoms with E-state index in [4.69, 9.17) is 9.47 Å². The zero-order valence-corrected chi connectivity index (χ0v) is 19.5. The number of carbonyl (C=O) groups is 1. The predicted molar refractivity (Wildman–Crippen MR) is 120 cm³/mol. The summed E-state index contributed by atoms with van der Waals surface area (Å²) in [6.07, 6.45) is 0.402. The topological polar surface area (TPSA) is 76.2 Å². The van der Waals surface area contributed by atoms with Crippen LogP contribution in [0.2, 0.25) is 0 Å². The van der Waals surface area contributed by atoms with Crippen molar-refractivity contribution in [2.75, 3.05) is 40.9 Å². The maximum absolute atomic E-state index is 13.2. The van der Waals surface area contributed by atoms with Gasteiger partial charge in [0.05, 0.1) is 19.1 Å². The fraction of sp³-hybridized carbons (Fsp3) is 0.435. The Bertz CT molecular complexity index is 1060. The molecule has 2 aromatic rings. The van der Waals surface area contributed by atoms with Crippen molar-refractivity contribution in [3.63, 3.8) is 0 Å². The average molecular weight is 447 g/mol. The number of nitrogens with zero attached hydrogens (tertiary/aromatic N) is 2. The molecule has 7 nitrogen and oxygen atoms in total. The number of carbonyl (C=O) groups excluding carboxylic acids is 1. The number of rotatable bonds is 8. The summed E-state index contributed by atoms with van der Waals surface area (Å²) in [6, 6.07) is 10.7. The average Bonchev–Trinajstić information content (AvgIpc) is 3.11. The number of hydrogen-bond acceptors (Lipinski definition) is 5. The van der Waals surface area contributed by atoms with Gasteiger partial charge in [0.25, 0.3) is 0 Å². The van der Waals surface area contributed by atoms with Crippen molar-refractivity contribution in [1.82, 2.24) is 9.21 Å². The van der Waals surface area contributed by atoms with Crippen LogP contribution in [-0.2, 0) is 14.8 Å². The minimum Gasteiger partial charge on any atom is -0.493 e. The minimum absolute atomic E-state index is 0.00851. The molecule has 0 aliphatic carbocycles. The van der Waals surface area contributed by atoms with E-state index in [1.54, 1.807) is 44.4 Å². The molecule has 1 fully saturated rings. The molecule has 1 atom stereocenters. The molecule has 0 radical (unpaired) electrons. The second-order valence-electron chi connectivity index (χ2n) is 7.58. The molecule has 1 saturated heterocycles. The maximum atomic E-state index is 13.2. The molecule has 1 aliphatic rings. The summed E-state index contributed by atoms with van der Waals surface area (Å²) in [6.45, 7) is 5.04. The second-order valence-corrected chi connectivity index (χ2v) is 9.52. The van der Waals surface area contributed by atoms with E-state index in [2.05, 4.69) is 0 Å². The lowest BCUT2D eigenvalue weighted by molar-refractivity contribution is -0.126. The van der Waals surface area contributed by atoms with Crippen molar-refractivity contribution in [1.29, 1.82) is 0 Å². The molecule has 1 aliphatic heterocycles. The van der Waals surface area contributed by atoms with Crippen LogP contribution in [0.3, 0.4) is 0 Å². The Morgan fingerprint density at radius 1 is 1.03 bits per heavy atom. The van der Waals surface area contributed by atoms with E-state index in [9.17, 15) is 13.2 Å². The molecule has 0 saturated carbocycles. The fourth-order valence-electron chi connectivity index (χ4n) is 4.09. The third kappa shape index (κ3) is 4.41. The molecule has 168 valence electrons. The monoisotopic (exact) mass is 446 g/mol. The van der Waals surface area contributed by atoms with E-state index in [0.29, 0.717) is 37.6 Å². The van der Waals surface area contributed by atoms with Gasteiger partial charge in [0, 0.05) is 39.0 Å². The predicted octanol–water partition coefficient (Wildman–Crippen LogP) is 3.35. The van der Waals surface area contributed by atoms with Crippen molar-refractivity contribution in [3.8, 4) is 22.6 Å². The van der Waals surface area contributed by atoms with Gasteiger partial charge < -0.3 is 14.4 Å². The van der Waals surface area contributed by atoms with E-state index >= 15 is 0 Å². The van der Waals surface area contributed by atoms with Crippen molar-refractivity contribution < 1.29 is 22.7 Å². The normalized spacial score (nSPS) is 16.8. The molecule has 8 heteroatoms. The van der Waals surface area contributed by atoms with Gasteiger partial charge in [-0.05, 0) is 41.0 Å². The van der Waals surface area contributed by atoms with Crippen molar-refractivity contribution in [2.24, 2.45) is 0 Å². The molecule has 1 amide bonds. The molecule has 0 unspecified atom stereocenters. The molecular formula is C23H30N2O5S. The maximum Gasteiger partial charge on any atom is 0.243 e. The van der Waals surface area contributed by atoms with E-state index in [0.717, 1.165) is 16.7 Å². The molecule has 1 heterocycles. The van der Waals surface area contributed by atoms with E-state index in [1.807, 2.05) is 32.0 Å². The molecule has 0 spiro atoms. The SMILES string of the molecule is CCN(CC)S(=O)(=O)c1ccc([C@@H]2CC(=O)N(C)C2)c(-c2ccc(OC)c(OC)c2)c1. The Morgan fingerprint density at radius 3 is 2.26 bits per heavy atom. The number of likely N-dealkylation sites (tertiary alicyclic amines) is 1. The second kappa shape index (κ2) is 9.28. The van der Waals surface area contributed by atoms with Crippen LogP contribution in [0.15, 0.2) is 41.3 Å². The molecule has 3 rings (SSSR count). The first-order chi connectivity index (χ1) is 14.8. The van der Waals surface area contributed by atoms with Crippen molar-refractivity contribution in [2.45, 2.75) is 31.1 Å². The van der Waals surface area contributed by atoms with Gasteiger partial charge >= 0.3 is 0 Å². The number of methoxy groups -OCH3 is 2. The number of amides is 1. The van der Waals surface area contributed by atoms with Crippen LogP contribution >= 0.6 is 0 Å². The number of sulfonamides is 1. The highest BCUT2D eigenvalue weighted by Crippen LogP contribution is 2.39. The van der Waals surface area contributed by atoms with Gasteiger partial charge in [-0.15, -0.1) is 0 Å². The summed E-state index contributed by atoms with van der Waals surface area (Å²) in [4.78, 5) is 14.1. The standard InChI is InChI=1S/C23H30N2O5S/c1-6-25(7-2)31(27,28)18-9-10-19(17-13-23(26)24(3)15-17)20(14-18)16-8-11-21(29-4)22(12-16)30-5/h8-12,14,17H,6-7,13,15H2,1-5H3/t17-/m1/s1. The Kier molecular flexibility index (Phi) is 6.91. The zero-order valence-electron chi connectivity index (χ0n) is 18.7. The quantitative estimate of drug-likeness (QED) is 0.622. The lowest BCUT2D eigenvalue weighted by atomic mass is 9.89. The van der Waals surface area contributed by atoms with Crippen LogP contribution in [-0.4, -0.2) is 64.4 Å².